The topological polar surface area (TPSA) is 66.9 Å². The van der Waals surface area contributed by atoms with Crippen LogP contribution in [0.25, 0.3) is 0 Å². The van der Waals surface area contributed by atoms with E-state index in [9.17, 15) is 9.18 Å². The van der Waals surface area contributed by atoms with E-state index in [1.54, 1.807) is 0 Å². The lowest BCUT2D eigenvalue weighted by Gasteiger charge is -2.09. The number of aromatic nitrogens is 2. The van der Waals surface area contributed by atoms with Gasteiger partial charge in [0.25, 0.3) is 5.91 Å². The van der Waals surface area contributed by atoms with E-state index in [4.69, 9.17) is 23.2 Å². The molecule has 132 valence electrons. The van der Waals surface area contributed by atoms with E-state index in [0.717, 1.165) is 11.6 Å². The summed E-state index contributed by atoms with van der Waals surface area (Å²) in [6.45, 7) is 0.481. The molecule has 0 aliphatic rings. The van der Waals surface area contributed by atoms with Crippen molar-refractivity contribution in [1.29, 1.82) is 0 Å². The average molecular weight is 391 g/mol. The van der Waals surface area contributed by atoms with Crippen LogP contribution in [0, 0.1) is 5.82 Å². The summed E-state index contributed by atoms with van der Waals surface area (Å²) in [5.41, 5.74) is 0.944. The smallest absolute Gasteiger partial charge is 0.276 e. The SMILES string of the molecule is O=C(Nc1ccc(Cl)cc1F)c1nc(NCc2ccccc2)ncc1Cl. The van der Waals surface area contributed by atoms with Crippen LogP contribution in [-0.2, 0) is 6.54 Å². The first-order chi connectivity index (χ1) is 12.5. The molecule has 3 aromatic rings. The molecule has 2 aromatic carbocycles. The predicted octanol–water partition coefficient (Wildman–Crippen LogP) is 4.79. The number of rotatable bonds is 5. The van der Waals surface area contributed by atoms with Gasteiger partial charge in [0.05, 0.1) is 16.9 Å². The van der Waals surface area contributed by atoms with Gasteiger partial charge in [-0.25, -0.2) is 14.4 Å². The molecule has 0 spiro atoms. The number of halogens is 3. The number of benzene rings is 2. The van der Waals surface area contributed by atoms with Crippen molar-refractivity contribution in [1.82, 2.24) is 9.97 Å². The number of hydrogen-bond donors (Lipinski definition) is 2. The van der Waals surface area contributed by atoms with Gasteiger partial charge < -0.3 is 10.6 Å². The van der Waals surface area contributed by atoms with Crippen molar-refractivity contribution in [2.24, 2.45) is 0 Å². The number of anilines is 2. The molecule has 8 heteroatoms. The van der Waals surface area contributed by atoms with E-state index in [0.29, 0.717) is 6.54 Å². The highest BCUT2D eigenvalue weighted by molar-refractivity contribution is 6.34. The van der Waals surface area contributed by atoms with E-state index >= 15 is 0 Å². The normalized spacial score (nSPS) is 10.4. The van der Waals surface area contributed by atoms with Crippen LogP contribution in [0.3, 0.4) is 0 Å². The lowest BCUT2D eigenvalue weighted by atomic mass is 10.2. The first-order valence-corrected chi connectivity index (χ1v) is 8.35. The highest BCUT2D eigenvalue weighted by Crippen LogP contribution is 2.21. The van der Waals surface area contributed by atoms with Crippen LogP contribution >= 0.6 is 23.2 Å². The van der Waals surface area contributed by atoms with Gasteiger partial charge in [-0.1, -0.05) is 53.5 Å². The second-order valence-corrected chi connectivity index (χ2v) is 6.15. The van der Waals surface area contributed by atoms with E-state index in [2.05, 4.69) is 20.6 Å². The fourth-order valence-corrected chi connectivity index (χ4v) is 2.50. The molecular formula is C18H13Cl2FN4O. The summed E-state index contributed by atoms with van der Waals surface area (Å²) in [5.74, 6) is -1.07. The number of carbonyl (C=O) groups excluding carboxylic acids is 1. The van der Waals surface area contributed by atoms with Crippen LogP contribution < -0.4 is 10.6 Å². The third-order valence-electron chi connectivity index (χ3n) is 3.43. The summed E-state index contributed by atoms with van der Waals surface area (Å²) in [6.07, 6.45) is 1.31. The molecule has 0 atom stereocenters. The van der Waals surface area contributed by atoms with Gasteiger partial charge in [-0.15, -0.1) is 0 Å². The summed E-state index contributed by atoms with van der Waals surface area (Å²) < 4.78 is 13.8. The van der Waals surface area contributed by atoms with Gasteiger partial charge >= 0.3 is 0 Å². The van der Waals surface area contributed by atoms with Gasteiger partial charge in [-0.2, -0.15) is 0 Å². The molecular weight excluding hydrogens is 378 g/mol. The van der Waals surface area contributed by atoms with Crippen molar-refractivity contribution in [2.45, 2.75) is 6.54 Å². The number of hydrogen-bond acceptors (Lipinski definition) is 4. The highest BCUT2D eigenvalue weighted by Gasteiger charge is 2.16. The Labute approximate surface area is 159 Å². The van der Waals surface area contributed by atoms with Crippen LogP contribution in [-0.4, -0.2) is 15.9 Å². The molecule has 0 unspecified atom stereocenters. The van der Waals surface area contributed by atoms with Gasteiger partial charge in [-0.05, 0) is 23.8 Å². The van der Waals surface area contributed by atoms with Crippen molar-refractivity contribution in [3.63, 3.8) is 0 Å². The average Bonchev–Trinajstić information content (AvgIpc) is 2.64. The van der Waals surface area contributed by atoms with Gasteiger partial charge in [0.15, 0.2) is 5.69 Å². The van der Waals surface area contributed by atoms with E-state index < -0.39 is 11.7 Å². The van der Waals surface area contributed by atoms with E-state index in [-0.39, 0.29) is 27.4 Å². The van der Waals surface area contributed by atoms with Crippen molar-refractivity contribution >= 4 is 40.7 Å². The van der Waals surface area contributed by atoms with Crippen molar-refractivity contribution in [2.75, 3.05) is 10.6 Å². The van der Waals surface area contributed by atoms with Gasteiger partial charge in [0.2, 0.25) is 5.95 Å². The summed E-state index contributed by atoms with van der Waals surface area (Å²) in [7, 11) is 0. The van der Waals surface area contributed by atoms with E-state index in [1.165, 1.54) is 18.3 Å². The molecule has 26 heavy (non-hydrogen) atoms. The Bertz CT molecular complexity index is 938. The molecule has 3 rings (SSSR count). The second kappa shape index (κ2) is 8.12. The Balaban J connectivity index is 1.75. The summed E-state index contributed by atoms with van der Waals surface area (Å²) in [4.78, 5) is 20.5. The molecule has 0 saturated carbocycles. The minimum Gasteiger partial charge on any atom is -0.350 e. The van der Waals surface area contributed by atoms with Gasteiger partial charge in [-0.3, -0.25) is 4.79 Å². The second-order valence-electron chi connectivity index (χ2n) is 5.31. The van der Waals surface area contributed by atoms with Gasteiger partial charge in [0.1, 0.15) is 5.82 Å². The molecule has 2 N–H and O–H groups in total. The Morgan fingerprint density at radius 2 is 1.88 bits per heavy atom. The molecule has 1 heterocycles. The Hall–Kier alpha value is -2.70. The lowest BCUT2D eigenvalue weighted by Crippen LogP contribution is -2.17. The minimum atomic E-state index is -0.654. The molecule has 0 saturated heterocycles. The maximum Gasteiger partial charge on any atom is 0.276 e. The first kappa shape index (κ1) is 18.1. The monoisotopic (exact) mass is 390 g/mol. The molecule has 5 nitrogen and oxygen atoms in total. The molecule has 0 bridgehead atoms. The Morgan fingerprint density at radius 3 is 2.62 bits per heavy atom. The summed E-state index contributed by atoms with van der Waals surface area (Å²) in [6, 6.07) is 13.6. The molecule has 1 aromatic heterocycles. The standard InChI is InChI=1S/C18H13Cl2FN4O/c19-12-6-7-15(14(21)8-12)24-17(26)16-13(20)10-23-18(25-16)22-9-11-4-2-1-3-5-11/h1-8,10H,9H2,(H,24,26)(H,22,23,25). The zero-order valence-corrected chi connectivity index (χ0v) is 14.9. The number of carbonyl (C=O) groups is 1. The van der Waals surface area contributed by atoms with Crippen LogP contribution in [0.2, 0.25) is 10.0 Å². The number of nitrogens with zero attached hydrogens (tertiary/aromatic N) is 2. The van der Waals surface area contributed by atoms with Gasteiger partial charge in [0, 0.05) is 11.6 Å². The minimum absolute atomic E-state index is 0.0205. The largest absolute Gasteiger partial charge is 0.350 e. The number of amides is 1. The zero-order chi connectivity index (χ0) is 18.5. The fourth-order valence-electron chi connectivity index (χ4n) is 2.16. The molecule has 0 aliphatic heterocycles. The Morgan fingerprint density at radius 1 is 1.12 bits per heavy atom. The predicted molar refractivity (Wildman–Crippen MR) is 100 cm³/mol. The molecule has 0 aliphatic carbocycles. The first-order valence-electron chi connectivity index (χ1n) is 7.59. The van der Waals surface area contributed by atoms with Crippen molar-refractivity contribution in [3.8, 4) is 0 Å². The third-order valence-corrected chi connectivity index (χ3v) is 3.94. The van der Waals surface area contributed by atoms with Crippen LogP contribution in [0.1, 0.15) is 16.1 Å². The fraction of sp³-hybridized carbons (Fsp3) is 0.0556. The highest BCUT2D eigenvalue weighted by atomic mass is 35.5. The molecule has 0 radical (unpaired) electrons. The van der Waals surface area contributed by atoms with Crippen molar-refractivity contribution in [3.05, 3.63) is 81.8 Å². The van der Waals surface area contributed by atoms with Crippen LogP contribution in [0.15, 0.2) is 54.7 Å². The van der Waals surface area contributed by atoms with Crippen LogP contribution in [0.5, 0.6) is 0 Å². The van der Waals surface area contributed by atoms with Crippen molar-refractivity contribution < 1.29 is 9.18 Å². The maximum absolute atomic E-state index is 13.8. The number of nitrogens with one attached hydrogen (secondary N) is 2. The lowest BCUT2D eigenvalue weighted by molar-refractivity contribution is 0.102. The third kappa shape index (κ3) is 4.47. The zero-order valence-electron chi connectivity index (χ0n) is 13.3. The Kier molecular flexibility index (Phi) is 5.65. The quantitative estimate of drug-likeness (QED) is 0.657. The maximum atomic E-state index is 13.8. The molecule has 1 amide bonds. The summed E-state index contributed by atoms with van der Waals surface area (Å²) >= 11 is 11.7. The molecule has 0 fully saturated rings. The summed E-state index contributed by atoms with van der Waals surface area (Å²) in [5, 5.41) is 5.72. The van der Waals surface area contributed by atoms with Crippen LogP contribution in [0.4, 0.5) is 16.0 Å². The van der Waals surface area contributed by atoms with E-state index in [1.807, 2.05) is 30.3 Å².